The molecule has 0 heterocycles. The molecule has 0 rings (SSSR count). The van der Waals surface area contributed by atoms with Crippen LogP contribution in [0.2, 0.25) is 0 Å². The fourth-order valence-corrected chi connectivity index (χ4v) is 0.954. The Morgan fingerprint density at radius 2 is 1.91 bits per heavy atom. The number of allylic oxidation sites excluding steroid dienone is 1. The predicted octanol–water partition coefficient (Wildman–Crippen LogP) is 3.03. The van der Waals surface area contributed by atoms with Crippen molar-refractivity contribution in [1.29, 1.82) is 0 Å². The molecule has 0 aromatic rings. The quantitative estimate of drug-likeness (QED) is 0.570. The van der Waals surface area contributed by atoms with E-state index in [1.807, 2.05) is 0 Å². The van der Waals surface area contributed by atoms with Crippen molar-refractivity contribution in [2.75, 3.05) is 13.1 Å². The van der Waals surface area contributed by atoms with Gasteiger partial charge in [0, 0.05) is 13.1 Å². The molecule has 11 heavy (non-hydrogen) atoms. The molecule has 1 nitrogen and oxygen atoms in total. The van der Waals surface area contributed by atoms with Gasteiger partial charge in [-0.1, -0.05) is 26.3 Å². The third-order valence-electron chi connectivity index (χ3n) is 1.76. The number of rotatable bonds is 6. The zero-order valence-corrected chi connectivity index (χ0v) is 8.14. The molecule has 0 atom stereocenters. The molecule has 0 aromatic carbocycles. The summed E-state index contributed by atoms with van der Waals surface area (Å²) in [7, 11) is 0. The summed E-state index contributed by atoms with van der Waals surface area (Å²) < 4.78 is 0. The maximum absolute atomic E-state index is 2.37. The van der Waals surface area contributed by atoms with E-state index in [4.69, 9.17) is 0 Å². The van der Waals surface area contributed by atoms with E-state index in [-0.39, 0.29) is 0 Å². The van der Waals surface area contributed by atoms with Gasteiger partial charge in [-0.3, -0.25) is 0 Å². The van der Waals surface area contributed by atoms with Crippen LogP contribution in [0.25, 0.3) is 0 Å². The average molecular weight is 155 g/mol. The molecule has 0 aliphatic heterocycles. The molecule has 0 radical (unpaired) electrons. The molecular weight excluding hydrogens is 134 g/mol. The van der Waals surface area contributed by atoms with Crippen LogP contribution < -0.4 is 0 Å². The molecule has 66 valence electrons. The third kappa shape index (κ3) is 5.96. The van der Waals surface area contributed by atoms with Crippen LogP contribution in [-0.4, -0.2) is 18.0 Å². The first-order valence-electron chi connectivity index (χ1n) is 4.75. The minimum absolute atomic E-state index is 1.14. The largest absolute Gasteiger partial charge is 0.378 e. The van der Waals surface area contributed by atoms with Crippen molar-refractivity contribution in [1.82, 2.24) is 4.90 Å². The molecule has 0 amide bonds. The van der Waals surface area contributed by atoms with Gasteiger partial charge in [0.1, 0.15) is 0 Å². The fraction of sp³-hybridized carbons (Fsp3) is 0.800. The summed E-state index contributed by atoms with van der Waals surface area (Å²) in [4.78, 5) is 2.37. The van der Waals surface area contributed by atoms with Gasteiger partial charge in [-0.15, -0.1) is 0 Å². The van der Waals surface area contributed by atoms with Crippen LogP contribution in [0.3, 0.4) is 0 Å². The van der Waals surface area contributed by atoms with Gasteiger partial charge >= 0.3 is 0 Å². The van der Waals surface area contributed by atoms with Crippen LogP contribution in [0.4, 0.5) is 0 Å². The topological polar surface area (TPSA) is 3.24 Å². The molecular formula is C10H21N. The van der Waals surface area contributed by atoms with Crippen LogP contribution in [-0.2, 0) is 0 Å². The summed E-state index contributed by atoms with van der Waals surface area (Å²) in [5, 5.41) is 0. The van der Waals surface area contributed by atoms with Gasteiger partial charge < -0.3 is 4.90 Å². The van der Waals surface area contributed by atoms with Crippen molar-refractivity contribution < 1.29 is 0 Å². The monoisotopic (exact) mass is 155 g/mol. The van der Waals surface area contributed by atoms with Crippen molar-refractivity contribution in [3.8, 4) is 0 Å². The summed E-state index contributed by atoms with van der Waals surface area (Å²) >= 11 is 0. The summed E-state index contributed by atoms with van der Waals surface area (Å²) in [6, 6.07) is 0. The molecule has 0 saturated carbocycles. The number of unbranched alkanes of at least 4 members (excludes halogenated alkanes) is 1. The molecule has 0 unspecified atom stereocenters. The highest BCUT2D eigenvalue weighted by Gasteiger charge is 1.92. The fourth-order valence-electron chi connectivity index (χ4n) is 0.954. The zero-order chi connectivity index (χ0) is 8.53. The lowest BCUT2D eigenvalue weighted by atomic mass is 10.3. The van der Waals surface area contributed by atoms with Crippen molar-refractivity contribution >= 4 is 0 Å². The number of hydrogen-bond acceptors (Lipinski definition) is 1. The first-order valence-corrected chi connectivity index (χ1v) is 4.75. The average Bonchev–Trinajstić information content (AvgIpc) is 2.05. The van der Waals surface area contributed by atoms with Gasteiger partial charge in [0.2, 0.25) is 0 Å². The Labute approximate surface area is 71.1 Å². The maximum atomic E-state index is 2.37. The first kappa shape index (κ1) is 10.5. The summed E-state index contributed by atoms with van der Waals surface area (Å²) in [5.74, 6) is 0. The van der Waals surface area contributed by atoms with Gasteiger partial charge in [-0.25, -0.2) is 0 Å². The van der Waals surface area contributed by atoms with E-state index in [1.54, 1.807) is 0 Å². The maximum Gasteiger partial charge on any atom is 0.0172 e. The van der Waals surface area contributed by atoms with Crippen LogP contribution in [0.1, 0.15) is 40.0 Å². The van der Waals surface area contributed by atoms with E-state index in [2.05, 4.69) is 37.9 Å². The summed E-state index contributed by atoms with van der Waals surface area (Å²) in [5.41, 5.74) is 0. The van der Waals surface area contributed by atoms with E-state index in [9.17, 15) is 0 Å². The van der Waals surface area contributed by atoms with E-state index < -0.39 is 0 Å². The third-order valence-corrected chi connectivity index (χ3v) is 1.76. The minimum atomic E-state index is 1.14. The second kappa shape index (κ2) is 7.64. The van der Waals surface area contributed by atoms with Crippen LogP contribution in [0.5, 0.6) is 0 Å². The van der Waals surface area contributed by atoms with Crippen molar-refractivity contribution in [2.24, 2.45) is 0 Å². The van der Waals surface area contributed by atoms with E-state index in [1.165, 1.54) is 19.4 Å². The Morgan fingerprint density at radius 1 is 1.18 bits per heavy atom. The first-order chi connectivity index (χ1) is 5.35. The Morgan fingerprint density at radius 3 is 2.36 bits per heavy atom. The Balaban J connectivity index is 3.48. The zero-order valence-electron chi connectivity index (χ0n) is 8.14. The van der Waals surface area contributed by atoms with Gasteiger partial charge in [-0.05, 0) is 26.0 Å². The molecule has 0 saturated heterocycles. The number of hydrogen-bond donors (Lipinski definition) is 0. The van der Waals surface area contributed by atoms with Crippen molar-refractivity contribution in [2.45, 2.75) is 40.0 Å². The molecule has 0 aliphatic carbocycles. The molecule has 0 aromatic heterocycles. The minimum Gasteiger partial charge on any atom is -0.378 e. The highest BCUT2D eigenvalue weighted by molar-refractivity contribution is 4.80. The van der Waals surface area contributed by atoms with Gasteiger partial charge in [-0.2, -0.15) is 0 Å². The highest BCUT2D eigenvalue weighted by Crippen LogP contribution is 1.95. The van der Waals surface area contributed by atoms with Crippen molar-refractivity contribution in [3.05, 3.63) is 12.3 Å². The molecule has 0 bridgehead atoms. The summed E-state index contributed by atoms with van der Waals surface area (Å²) in [6.07, 6.45) is 8.18. The van der Waals surface area contributed by atoms with Gasteiger partial charge in [0.15, 0.2) is 0 Å². The lowest BCUT2D eigenvalue weighted by Gasteiger charge is -2.17. The van der Waals surface area contributed by atoms with Gasteiger partial charge in [0.05, 0.1) is 0 Å². The summed E-state index contributed by atoms with van der Waals surface area (Å²) in [6.45, 7) is 8.96. The van der Waals surface area contributed by atoms with Crippen LogP contribution >= 0.6 is 0 Å². The molecule has 1 heteroatoms. The molecule has 0 spiro atoms. The second-order valence-corrected chi connectivity index (χ2v) is 2.78. The van der Waals surface area contributed by atoms with Crippen LogP contribution in [0.15, 0.2) is 12.3 Å². The predicted molar refractivity (Wildman–Crippen MR) is 51.6 cm³/mol. The molecule has 0 N–H and O–H groups in total. The smallest absolute Gasteiger partial charge is 0.0172 e. The molecule has 0 fully saturated rings. The Kier molecular flexibility index (Phi) is 7.33. The molecule has 0 aliphatic rings. The Bertz CT molecular complexity index is 97.0. The van der Waals surface area contributed by atoms with E-state index in [0.29, 0.717) is 0 Å². The number of nitrogens with zero attached hydrogens (tertiary/aromatic N) is 1. The standard InChI is InChI=1S/C10H21N/c1-4-7-9-11(6-3)10-8-5-2/h7,9H,4-6,8,10H2,1-3H3. The van der Waals surface area contributed by atoms with Crippen molar-refractivity contribution in [3.63, 3.8) is 0 Å². The normalized spacial score (nSPS) is 10.8. The van der Waals surface area contributed by atoms with Crippen LogP contribution in [0, 0.1) is 0 Å². The SMILES string of the molecule is CCC=CN(CC)CCCC. The van der Waals surface area contributed by atoms with E-state index >= 15 is 0 Å². The lowest BCUT2D eigenvalue weighted by molar-refractivity contribution is 0.385. The lowest BCUT2D eigenvalue weighted by Crippen LogP contribution is -2.17. The van der Waals surface area contributed by atoms with E-state index in [0.717, 1.165) is 13.0 Å². The Hall–Kier alpha value is -0.460. The second-order valence-electron chi connectivity index (χ2n) is 2.78. The highest BCUT2D eigenvalue weighted by atomic mass is 15.1. The van der Waals surface area contributed by atoms with Gasteiger partial charge in [0.25, 0.3) is 0 Å².